The lowest BCUT2D eigenvalue weighted by atomic mass is 10.4. The zero-order valence-corrected chi connectivity index (χ0v) is 11.0. The first-order valence-electron chi connectivity index (χ1n) is 3.79. The van der Waals surface area contributed by atoms with Crippen molar-refractivity contribution >= 4 is 29.8 Å². The maximum absolute atomic E-state index is 11.0. The van der Waals surface area contributed by atoms with Crippen molar-refractivity contribution in [1.29, 1.82) is 0 Å². The Labute approximate surface area is 99.6 Å². The topological polar surface area (TPSA) is 197 Å². The first-order valence-corrected chi connectivity index (χ1v) is 8.31. The molecular formula is C3H9O12P3. The van der Waals surface area contributed by atoms with Gasteiger partial charge < -0.3 is 29.5 Å². The van der Waals surface area contributed by atoms with E-state index < -0.39 is 36.2 Å². The minimum Gasteiger partial charge on any atom is -0.393 e. The van der Waals surface area contributed by atoms with Crippen LogP contribution < -0.4 is 0 Å². The lowest BCUT2D eigenvalue weighted by molar-refractivity contribution is -0.116. The number of aldehydes is 1. The molecular weight excluding hydrogens is 321 g/mol. The third-order valence-corrected chi connectivity index (χ3v) is 4.88. The summed E-state index contributed by atoms with van der Waals surface area (Å²) in [5.74, 6) is 0. The van der Waals surface area contributed by atoms with Gasteiger partial charge in [0.15, 0.2) is 6.29 Å². The van der Waals surface area contributed by atoms with Crippen molar-refractivity contribution in [2.45, 2.75) is 6.10 Å². The van der Waals surface area contributed by atoms with Crippen molar-refractivity contribution in [3.05, 3.63) is 0 Å². The number of hydrogen-bond acceptors (Lipinski definition) is 8. The van der Waals surface area contributed by atoms with Crippen LogP contribution in [0.5, 0.6) is 0 Å². The molecule has 0 aromatic heterocycles. The standard InChI is InChI=1S/C3H9O12P3/c4-1-3(2-5)13-17(9,10)15-18(11,12)14-16(6,7)8/h1,3,5H,2H2,(H,9,10)(H,11,12)(H2,6,7,8). The van der Waals surface area contributed by atoms with E-state index in [1.54, 1.807) is 0 Å². The van der Waals surface area contributed by atoms with Crippen LogP contribution in [0.3, 0.4) is 0 Å². The number of hydrogen-bond donors (Lipinski definition) is 5. The van der Waals surface area contributed by atoms with E-state index in [0.29, 0.717) is 0 Å². The predicted molar refractivity (Wildman–Crippen MR) is 51.9 cm³/mol. The summed E-state index contributed by atoms with van der Waals surface area (Å²) >= 11 is 0. The number of aliphatic hydroxyl groups excluding tert-OH is 1. The summed E-state index contributed by atoms with van der Waals surface area (Å²) in [6, 6.07) is 0. The molecule has 0 fully saturated rings. The summed E-state index contributed by atoms with van der Waals surface area (Å²) in [5, 5.41) is 8.44. The van der Waals surface area contributed by atoms with Crippen LogP contribution in [0.2, 0.25) is 0 Å². The number of aliphatic hydroxyl groups is 1. The molecule has 0 saturated heterocycles. The van der Waals surface area contributed by atoms with E-state index in [0.717, 1.165) is 0 Å². The van der Waals surface area contributed by atoms with Gasteiger partial charge in [0.05, 0.1) is 6.61 Å². The van der Waals surface area contributed by atoms with E-state index in [4.69, 9.17) is 24.7 Å². The van der Waals surface area contributed by atoms with E-state index in [2.05, 4.69) is 13.1 Å². The van der Waals surface area contributed by atoms with Crippen LogP contribution >= 0.6 is 23.5 Å². The fraction of sp³-hybridized carbons (Fsp3) is 0.667. The van der Waals surface area contributed by atoms with Gasteiger partial charge in [0.1, 0.15) is 6.10 Å². The highest BCUT2D eigenvalue weighted by atomic mass is 31.3. The average Bonchev–Trinajstić information content (AvgIpc) is 2.07. The van der Waals surface area contributed by atoms with E-state index in [1.165, 1.54) is 0 Å². The summed E-state index contributed by atoms with van der Waals surface area (Å²) in [7, 11) is -16.4. The Kier molecular flexibility index (Phi) is 6.48. The highest BCUT2D eigenvalue weighted by molar-refractivity contribution is 7.66. The summed E-state index contributed by atoms with van der Waals surface area (Å²) < 4.78 is 42.6. The molecule has 0 bridgehead atoms. The largest absolute Gasteiger partial charge is 0.490 e. The molecule has 0 aliphatic rings. The maximum Gasteiger partial charge on any atom is 0.490 e. The van der Waals surface area contributed by atoms with Gasteiger partial charge in [-0.1, -0.05) is 0 Å². The van der Waals surface area contributed by atoms with Gasteiger partial charge in [0, 0.05) is 0 Å². The molecule has 0 heterocycles. The molecule has 0 radical (unpaired) electrons. The van der Waals surface area contributed by atoms with Gasteiger partial charge >= 0.3 is 23.5 Å². The summed E-state index contributed by atoms with van der Waals surface area (Å²) in [4.78, 5) is 44.1. The van der Waals surface area contributed by atoms with Crippen LogP contribution in [0.4, 0.5) is 0 Å². The molecule has 0 saturated carbocycles. The molecule has 5 N–H and O–H groups in total. The molecule has 108 valence electrons. The van der Waals surface area contributed by atoms with Gasteiger partial charge in [0.2, 0.25) is 0 Å². The molecule has 0 aliphatic carbocycles. The Morgan fingerprint density at radius 2 is 1.50 bits per heavy atom. The van der Waals surface area contributed by atoms with E-state index >= 15 is 0 Å². The molecule has 0 aromatic carbocycles. The van der Waals surface area contributed by atoms with Gasteiger partial charge in [-0.15, -0.1) is 0 Å². The molecule has 12 nitrogen and oxygen atoms in total. The molecule has 3 unspecified atom stereocenters. The predicted octanol–water partition coefficient (Wildman–Crippen LogP) is -1.11. The minimum absolute atomic E-state index is 0.113. The Bertz CT molecular complexity index is 422. The molecule has 0 amide bonds. The second-order valence-corrected chi connectivity index (χ2v) is 6.93. The van der Waals surface area contributed by atoms with Gasteiger partial charge in [-0.2, -0.15) is 8.62 Å². The van der Waals surface area contributed by atoms with Crippen LogP contribution in [0.15, 0.2) is 0 Å². The monoisotopic (exact) mass is 330 g/mol. The van der Waals surface area contributed by atoms with Crippen LogP contribution in [0.25, 0.3) is 0 Å². The Balaban J connectivity index is 4.76. The van der Waals surface area contributed by atoms with Gasteiger partial charge in [-0.25, -0.2) is 13.7 Å². The molecule has 0 rings (SSSR count). The van der Waals surface area contributed by atoms with Crippen LogP contribution in [-0.4, -0.2) is 43.7 Å². The highest BCUT2D eigenvalue weighted by Gasteiger charge is 2.41. The third kappa shape index (κ3) is 8.20. The molecule has 0 aromatic rings. The number of phosphoric acid groups is 3. The quantitative estimate of drug-likeness (QED) is 0.266. The second-order valence-electron chi connectivity index (χ2n) is 2.55. The van der Waals surface area contributed by atoms with E-state index in [-0.39, 0.29) is 6.29 Å². The average molecular weight is 330 g/mol. The Morgan fingerprint density at radius 1 is 1.00 bits per heavy atom. The fourth-order valence-corrected chi connectivity index (χ4v) is 3.69. The zero-order valence-electron chi connectivity index (χ0n) is 8.30. The highest BCUT2D eigenvalue weighted by Crippen LogP contribution is 2.66. The smallest absolute Gasteiger partial charge is 0.393 e. The third-order valence-electron chi connectivity index (χ3n) is 1.02. The first-order chi connectivity index (χ1) is 7.91. The minimum atomic E-state index is -5.61. The van der Waals surface area contributed by atoms with Crippen LogP contribution in [-0.2, 0) is 31.6 Å². The number of rotatable bonds is 8. The molecule has 15 heteroatoms. The molecule has 18 heavy (non-hydrogen) atoms. The van der Waals surface area contributed by atoms with Gasteiger partial charge in [-0.05, 0) is 0 Å². The van der Waals surface area contributed by atoms with Crippen molar-refractivity contribution in [1.82, 2.24) is 0 Å². The number of phosphoric ester groups is 1. The molecule has 0 aliphatic heterocycles. The van der Waals surface area contributed by atoms with Gasteiger partial charge in [0.25, 0.3) is 0 Å². The van der Waals surface area contributed by atoms with Crippen molar-refractivity contribution in [3.63, 3.8) is 0 Å². The van der Waals surface area contributed by atoms with E-state index in [9.17, 15) is 18.5 Å². The summed E-state index contributed by atoms with van der Waals surface area (Å²) in [5.41, 5.74) is 0. The van der Waals surface area contributed by atoms with Crippen molar-refractivity contribution in [3.8, 4) is 0 Å². The maximum atomic E-state index is 11.0. The second kappa shape index (κ2) is 6.47. The van der Waals surface area contributed by atoms with Crippen LogP contribution in [0, 0.1) is 0 Å². The van der Waals surface area contributed by atoms with Crippen molar-refractivity contribution < 1.29 is 56.3 Å². The summed E-state index contributed by atoms with van der Waals surface area (Å²) in [6.45, 7) is -1.04. The molecule has 3 atom stereocenters. The Hall–Kier alpha value is 0.0400. The zero-order chi connectivity index (χ0) is 14.6. The van der Waals surface area contributed by atoms with Crippen LogP contribution in [0.1, 0.15) is 0 Å². The Morgan fingerprint density at radius 3 is 1.83 bits per heavy atom. The molecule has 0 spiro atoms. The first kappa shape index (κ1) is 18.0. The normalized spacial score (nSPS) is 20.7. The lowest BCUT2D eigenvalue weighted by Gasteiger charge is -2.17. The SMILES string of the molecule is O=CC(CO)OP(=O)(O)OP(=O)(O)OP(=O)(O)O. The number of carbonyl (C=O) groups excluding carboxylic acids is 1. The lowest BCUT2D eigenvalue weighted by Crippen LogP contribution is -2.18. The number of carbonyl (C=O) groups is 1. The summed E-state index contributed by atoms with van der Waals surface area (Å²) in [6.07, 6.45) is -1.95. The van der Waals surface area contributed by atoms with Crippen molar-refractivity contribution in [2.24, 2.45) is 0 Å². The van der Waals surface area contributed by atoms with Gasteiger partial charge in [-0.3, -0.25) is 4.52 Å². The van der Waals surface area contributed by atoms with E-state index in [1.807, 2.05) is 0 Å². The van der Waals surface area contributed by atoms with Crippen molar-refractivity contribution in [2.75, 3.05) is 6.61 Å². The fourth-order valence-electron chi connectivity index (χ4n) is 0.571.